The third-order valence-corrected chi connectivity index (χ3v) is 8.68. The zero-order valence-corrected chi connectivity index (χ0v) is 20.6. The number of sulfonamides is 1. The molecule has 1 fully saturated rings. The van der Waals surface area contributed by atoms with Crippen molar-refractivity contribution in [2.75, 3.05) is 38.0 Å². The Morgan fingerprint density at radius 1 is 0.971 bits per heavy atom. The molecule has 0 atom stereocenters. The molecule has 182 valence electrons. The Balaban J connectivity index is 1.24. The van der Waals surface area contributed by atoms with E-state index in [0.29, 0.717) is 43.0 Å². The molecule has 2 aliphatic rings. The number of nitrogens with one attached hydrogen (secondary N) is 1. The monoisotopic (exact) mass is 492 g/mol. The lowest BCUT2D eigenvalue weighted by Gasteiger charge is -2.33. The molecular formula is C26H28N4O4S. The van der Waals surface area contributed by atoms with Crippen molar-refractivity contribution in [3.8, 4) is 5.69 Å². The topological polar surface area (TPSA) is 91.7 Å². The first kappa shape index (κ1) is 23.5. The fourth-order valence-corrected chi connectivity index (χ4v) is 6.42. The third-order valence-electron chi connectivity index (χ3n) is 6.78. The molecule has 0 bridgehead atoms. The van der Waals surface area contributed by atoms with E-state index in [1.807, 2.05) is 55.1 Å². The second kappa shape index (κ2) is 9.07. The number of Topliss-reactive ketones (excluding diaryl/α,β-unsaturated/α-hetero) is 1. The van der Waals surface area contributed by atoms with Gasteiger partial charge in [-0.25, -0.2) is 8.42 Å². The smallest absolute Gasteiger partial charge is 0.243 e. The van der Waals surface area contributed by atoms with Crippen molar-refractivity contribution in [2.24, 2.45) is 0 Å². The van der Waals surface area contributed by atoms with Gasteiger partial charge in [0.2, 0.25) is 15.9 Å². The molecule has 1 N–H and O–H groups in total. The lowest BCUT2D eigenvalue weighted by molar-refractivity contribution is -0.115. The number of ketones is 1. The summed E-state index contributed by atoms with van der Waals surface area (Å²) in [7, 11) is -3.67. The standard InChI is InChI=1S/C26H28N4O4S/c1-18-14-23(19(2)30(18)21-6-4-3-5-7-21)25(31)17-28-10-12-29(13-11-28)35(33,34)22-8-9-24-20(15-22)16-26(32)27-24/h3-9,14-15H,10-13,16-17H2,1-2H3,(H,27,32). The van der Waals surface area contributed by atoms with Crippen molar-refractivity contribution in [3.63, 3.8) is 0 Å². The lowest BCUT2D eigenvalue weighted by Crippen LogP contribution is -2.49. The van der Waals surface area contributed by atoms with E-state index >= 15 is 0 Å². The number of anilines is 1. The maximum absolute atomic E-state index is 13.2. The highest BCUT2D eigenvalue weighted by Crippen LogP contribution is 2.28. The summed E-state index contributed by atoms with van der Waals surface area (Å²) in [6, 6.07) is 16.6. The summed E-state index contributed by atoms with van der Waals surface area (Å²) < 4.78 is 29.9. The molecule has 5 rings (SSSR count). The van der Waals surface area contributed by atoms with Crippen LogP contribution < -0.4 is 5.32 Å². The fraction of sp³-hybridized carbons (Fsp3) is 0.308. The molecule has 0 unspecified atom stereocenters. The molecule has 0 spiro atoms. The number of aryl methyl sites for hydroxylation is 1. The highest BCUT2D eigenvalue weighted by atomic mass is 32.2. The van der Waals surface area contributed by atoms with E-state index in [0.717, 1.165) is 17.1 Å². The van der Waals surface area contributed by atoms with Crippen LogP contribution in [-0.4, -0.2) is 66.6 Å². The highest BCUT2D eigenvalue weighted by molar-refractivity contribution is 7.89. The minimum atomic E-state index is -3.67. The van der Waals surface area contributed by atoms with Gasteiger partial charge in [0.15, 0.2) is 5.78 Å². The van der Waals surface area contributed by atoms with Crippen molar-refractivity contribution in [1.82, 2.24) is 13.8 Å². The number of hydrogen-bond donors (Lipinski definition) is 1. The molecular weight excluding hydrogens is 464 g/mol. The molecule has 1 aromatic heterocycles. The summed E-state index contributed by atoms with van der Waals surface area (Å²) in [4.78, 5) is 27.0. The predicted octanol–water partition coefficient (Wildman–Crippen LogP) is 2.78. The van der Waals surface area contributed by atoms with Gasteiger partial charge < -0.3 is 9.88 Å². The molecule has 8 nitrogen and oxygen atoms in total. The van der Waals surface area contributed by atoms with Crippen molar-refractivity contribution >= 4 is 27.4 Å². The van der Waals surface area contributed by atoms with Crippen molar-refractivity contribution in [3.05, 3.63) is 77.1 Å². The summed E-state index contributed by atoms with van der Waals surface area (Å²) in [5.41, 5.74) is 5.00. The van der Waals surface area contributed by atoms with Crippen LogP contribution in [0.4, 0.5) is 5.69 Å². The van der Waals surface area contributed by atoms with Crippen LogP contribution in [0.5, 0.6) is 0 Å². The van der Waals surface area contributed by atoms with Gasteiger partial charge in [-0.2, -0.15) is 4.31 Å². The quantitative estimate of drug-likeness (QED) is 0.535. The van der Waals surface area contributed by atoms with Gasteiger partial charge >= 0.3 is 0 Å². The van der Waals surface area contributed by atoms with Crippen molar-refractivity contribution in [2.45, 2.75) is 25.2 Å². The number of rotatable bonds is 6. The predicted molar refractivity (Wildman–Crippen MR) is 134 cm³/mol. The van der Waals surface area contributed by atoms with Crippen LogP contribution in [0.3, 0.4) is 0 Å². The van der Waals surface area contributed by atoms with Crippen LogP contribution in [0.1, 0.15) is 27.3 Å². The minimum absolute atomic E-state index is 0.0346. The fourth-order valence-electron chi connectivity index (χ4n) is 4.95. The van der Waals surface area contributed by atoms with E-state index in [1.54, 1.807) is 12.1 Å². The van der Waals surface area contributed by atoms with E-state index in [-0.39, 0.29) is 29.6 Å². The van der Waals surface area contributed by atoms with Gasteiger partial charge in [0.1, 0.15) is 0 Å². The van der Waals surface area contributed by atoms with Crippen LogP contribution in [0, 0.1) is 13.8 Å². The average molecular weight is 493 g/mol. The molecule has 0 aliphatic carbocycles. The van der Waals surface area contributed by atoms with E-state index in [1.165, 1.54) is 10.4 Å². The largest absolute Gasteiger partial charge is 0.326 e. The van der Waals surface area contributed by atoms with Crippen molar-refractivity contribution < 1.29 is 18.0 Å². The third kappa shape index (κ3) is 4.42. The molecule has 9 heteroatoms. The number of benzene rings is 2. The average Bonchev–Trinajstić information content (AvgIpc) is 3.37. The Bertz CT molecular complexity index is 1400. The molecule has 3 heterocycles. The maximum Gasteiger partial charge on any atom is 0.243 e. The van der Waals surface area contributed by atoms with E-state index < -0.39 is 10.0 Å². The Morgan fingerprint density at radius 2 is 1.69 bits per heavy atom. The molecule has 0 saturated carbocycles. The second-order valence-corrected chi connectivity index (χ2v) is 11.0. The molecule has 35 heavy (non-hydrogen) atoms. The van der Waals surface area contributed by atoms with Crippen molar-refractivity contribution in [1.29, 1.82) is 0 Å². The van der Waals surface area contributed by atoms with Gasteiger partial charge in [-0.15, -0.1) is 0 Å². The number of carbonyl (C=O) groups is 2. The van der Waals surface area contributed by atoms with Gasteiger partial charge in [-0.1, -0.05) is 18.2 Å². The van der Waals surface area contributed by atoms with Gasteiger partial charge in [-0.3, -0.25) is 14.5 Å². The zero-order valence-electron chi connectivity index (χ0n) is 19.8. The lowest BCUT2D eigenvalue weighted by atomic mass is 10.1. The summed E-state index contributed by atoms with van der Waals surface area (Å²) in [6.07, 6.45) is 0.194. The highest BCUT2D eigenvalue weighted by Gasteiger charge is 2.31. The molecule has 2 aromatic carbocycles. The normalized spacial score (nSPS) is 16.8. The number of carbonyl (C=O) groups excluding carboxylic acids is 2. The number of para-hydroxylation sites is 1. The first-order chi connectivity index (χ1) is 16.7. The Kier molecular flexibility index (Phi) is 6.08. The maximum atomic E-state index is 13.2. The van der Waals surface area contributed by atoms with Gasteiger partial charge in [0.25, 0.3) is 0 Å². The number of hydrogen-bond acceptors (Lipinski definition) is 5. The van der Waals surface area contributed by atoms with E-state index in [2.05, 4.69) is 9.88 Å². The molecule has 1 amide bonds. The number of amides is 1. The van der Waals surface area contributed by atoms with Crippen LogP contribution in [0.15, 0.2) is 59.5 Å². The molecule has 2 aliphatic heterocycles. The van der Waals surface area contributed by atoms with E-state index in [4.69, 9.17) is 0 Å². The molecule has 0 radical (unpaired) electrons. The SMILES string of the molecule is Cc1cc(C(=O)CN2CCN(S(=O)(=O)c3ccc4c(c3)CC(=O)N4)CC2)c(C)n1-c1ccccc1. The number of fused-ring (bicyclic) bond motifs is 1. The van der Waals surface area contributed by atoms with Gasteiger partial charge in [0.05, 0.1) is 17.9 Å². The van der Waals surface area contributed by atoms with Crippen LogP contribution in [0.2, 0.25) is 0 Å². The summed E-state index contributed by atoms with van der Waals surface area (Å²) in [5, 5.41) is 2.72. The number of aromatic nitrogens is 1. The Labute approximate surface area is 205 Å². The zero-order chi connectivity index (χ0) is 24.7. The summed E-state index contributed by atoms with van der Waals surface area (Å²) >= 11 is 0. The molecule has 3 aromatic rings. The second-order valence-electron chi connectivity index (χ2n) is 9.10. The van der Waals surface area contributed by atoms with Crippen LogP contribution in [0.25, 0.3) is 5.69 Å². The number of piperazine rings is 1. The Morgan fingerprint density at radius 3 is 2.40 bits per heavy atom. The van der Waals surface area contributed by atoms with Gasteiger partial charge in [0, 0.05) is 54.5 Å². The minimum Gasteiger partial charge on any atom is -0.326 e. The Hall–Kier alpha value is -3.27. The summed E-state index contributed by atoms with van der Waals surface area (Å²) in [6.45, 7) is 5.78. The van der Waals surface area contributed by atoms with Gasteiger partial charge in [-0.05, 0) is 55.8 Å². The van der Waals surface area contributed by atoms with Crippen LogP contribution >= 0.6 is 0 Å². The van der Waals surface area contributed by atoms with Crippen LogP contribution in [-0.2, 0) is 21.2 Å². The first-order valence-electron chi connectivity index (χ1n) is 11.7. The summed E-state index contributed by atoms with van der Waals surface area (Å²) in [5.74, 6) is -0.0928. The first-order valence-corrected chi connectivity index (χ1v) is 13.1. The number of nitrogens with zero attached hydrogens (tertiary/aromatic N) is 3. The molecule has 1 saturated heterocycles. The van der Waals surface area contributed by atoms with E-state index in [9.17, 15) is 18.0 Å².